The number of benzene rings is 1. The zero-order chi connectivity index (χ0) is 16.5. The van der Waals surface area contributed by atoms with Crippen molar-refractivity contribution in [2.24, 2.45) is 0 Å². The monoisotopic (exact) mass is 335 g/mol. The third-order valence-electron chi connectivity index (χ3n) is 4.10. The first-order valence-electron chi connectivity index (χ1n) is 7.86. The van der Waals surface area contributed by atoms with E-state index in [1.54, 1.807) is 11.3 Å². The van der Waals surface area contributed by atoms with Crippen molar-refractivity contribution in [1.82, 2.24) is 9.97 Å². The summed E-state index contributed by atoms with van der Waals surface area (Å²) in [5.41, 5.74) is 5.42. The van der Waals surface area contributed by atoms with E-state index in [-0.39, 0.29) is 6.61 Å². The quantitative estimate of drug-likeness (QED) is 0.586. The molecule has 4 aromatic rings. The molecule has 3 aromatic heterocycles. The van der Waals surface area contributed by atoms with Gasteiger partial charge in [0.15, 0.2) is 0 Å². The number of thiophene rings is 1. The first-order valence-corrected chi connectivity index (χ1v) is 8.74. The van der Waals surface area contributed by atoms with Crippen molar-refractivity contribution >= 4 is 38.3 Å². The van der Waals surface area contributed by atoms with Gasteiger partial charge in [-0.3, -0.25) is 4.98 Å². The minimum absolute atomic E-state index is 0.0737. The van der Waals surface area contributed by atoms with Gasteiger partial charge in [0.05, 0.1) is 22.3 Å². The van der Waals surface area contributed by atoms with Crippen molar-refractivity contribution in [3.05, 3.63) is 53.5 Å². The predicted octanol–water partition coefficient (Wildman–Crippen LogP) is 4.22. The van der Waals surface area contributed by atoms with Gasteiger partial charge in [0.1, 0.15) is 5.82 Å². The minimum Gasteiger partial charge on any atom is -0.395 e. The Morgan fingerprint density at radius 3 is 2.83 bits per heavy atom. The lowest BCUT2D eigenvalue weighted by atomic mass is 9.99. The summed E-state index contributed by atoms with van der Waals surface area (Å²) in [6.07, 6.45) is 1.81. The second-order valence-electron chi connectivity index (χ2n) is 5.65. The number of aromatic nitrogens is 2. The lowest BCUT2D eigenvalue weighted by Crippen LogP contribution is -2.07. The molecule has 0 unspecified atom stereocenters. The first kappa shape index (κ1) is 15.1. The predicted molar refractivity (Wildman–Crippen MR) is 101 cm³/mol. The maximum atomic E-state index is 9.13. The average Bonchev–Trinajstić information content (AvgIpc) is 3.05. The third kappa shape index (κ3) is 2.42. The standard InChI is InChI=1S/C19H17N3OS/c1-12-5-2-3-6-13(12)14-11-24-18-16(14)17-15(7-4-8-20-17)22-19(18)21-9-10-23/h2-8,11,23H,9-10H2,1H3,(H,21,22). The summed E-state index contributed by atoms with van der Waals surface area (Å²) in [5.74, 6) is 0.810. The van der Waals surface area contributed by atoms with E-state index in [1.165, 1.54) is 16.7 Å². The van der Waals surface area contributed by atoms with Gasteiger partial charge < -0.3 is 10.4 Å². The molecule has 0 radical (unpaired) electrons. The summed E-state index contributed by atoms with van der Waals surface area (Å²) in [7, 11) is 0. The molecule has 0 fully saturated rings. The molecule has 4 rings (SSSR count). The van der Waals surface area contributed by atoms with E-state index in [0.717, 1.165) is 26.9 Å². The van der Waals surface area contributed by atoms with E-state index in [4.69, 9.17) is 10.1 Å². The van der Waals surface area contributed by atoms with Crippen molar-refractivity contribution in [2.45, 2.75) is 6.92 Å². The Morgan fingerprint density at radius 1 is 1.12 bits per heavy atom. The molecule has 0 aliphatic carbocycles. The number of hydrogen-bond donors (Lipinski definition) is 2. The number of nitrogens with one attached hydrogen (secondary N) is 1. The van der Waals surface area contributed by atoms with E-state index in [1.807, 2.05) is 18.3 Å². The second-order valence-corrected chi connectivity index (χ2v) is 6.53. The van der Waals surface area contributed by atoms with E-state index in [9.17, 15) is 0 Å². The molecule has 0 spiro atoms. The maximum absolute atomic E-state index is 9.13. The number of aliphatic hydroxyl groups is 1. The SMILES string of the molecule is Cc1ccccc1-c1csc2c(NCCO)nc3cccnc3c12. The third-order valence-corrected chi connectivity index (χ3v) is 5.09. The van der Waals surface area contributed by atoms with Gasteiger partial charge in [-0.15, -0.1) is 11.3 Å². The Hall–Kier alpha value is -2.50. The van der Waals surface area contributed by atoms with Gasteiger partial charge in [0, 0.05) is 29.1 Å². The number of anilines is 1. The van der Waals surface area contributed by atoms with Crippen molar-refractivity contribution in [2.75, 3.05) is 18.5 Å². The van der Waals surface area contributed by atoms with Crippen LogP contribution in [0.5, 0.6) is 0 Å². The number of rotatable bonds is 4. The zero-order valence-corrected chi connectivity index (χ0v) is 14.1. The van der Waals surface area contributed by atoms with Crippen molar-refractivity contribution in [1.29, 1.82) is 0 Å². The zero-order valence-electron chi connectivity index (χ0n) is 13.3. The van der Waals surface area contributed by atoms with E-state index in [2.05, 4.69) is 46.9 Å². The van der Waals surface area contributed by atoms with E-state index in [0.29, 0.717) is 6.54 Å². The lowest BCUT2D eigenvalue weighted by molar-refractivity contribution is 0.311. The summed E-state index contributed by atoms with van der Waals surface area (Å²) in [6, 6.07) is 12.3. The molecule has 120 valence electrons. The van der Waals surface area contributed by atoms with Crippen LogP contribution in [-0.4, -0.2) is 28.2 Å². The Morgan fingerprint density at radius 2 is 2.00 bits per heavy atom. The lowest BCUT2D eigenvalue weighted by Gasteiger charge is -2.09. The number of fused-ring (bicyclic) bond motifs is 3. The highest BCUT2D eigenvalue weighted by Crippen LogP contribution is 2.41. The Labute approximate surface area is 143 Å². The van der Waals surface area contributed by atoms with E-state index >= 15 is 0 Å². The Kier molecular flexibility index (Phi) is 3.88. The second kappa shape index (κ2) is 6.19. The molecule has 4 nitrogen and oxygen atoms in total. The highest BCUT2D eigenvalue weighted by Gasteiger charge is 2.16. The van der Waals surface area contributed by atoms with Crippen LogP contribution in [0, 0.1) is 6.92 Å². The van der Waals surface area contributed by atoms with Gasteiger partial charge in [-0.25, -0.2) is 4.98 Å². The number of hydrogen-bond acceptors (Lipinski definition) is 5. The topological polar surface area (TPSA) is 58.0 Å². The Bertz CT molecular complexity index is 1030. The van der Waals surface area contributed by atoms with Crippen LogP contribution in [0.25, 0.3) is 32.2 Å². The smallest absolute Gasteiger partial charge is 0.144 e. The normalized spacial score (nSPS) is 11.2. The Balaban J connectivity index is 2.06. The van der Waals surface area contributed by atoms with Crippen molar-refractivity contribution < 1.29 is 5.11 Å². The summed E-state index contributed by atoms with van der Waals surface area (Å²) in [4.78, 5) is 9.28. The molecule has 0 saturated carbocycles. The van der Waals surface area contributed by atoms with Crippen LogP contribution in [0.15, 0.2) is 48.0 Å². The summed E-state index contributed by atoms with van der Waals surface area (Å²) in [5, 5.41) is 15.7. The number of nitrogens with zero attached hydrogens (tertiary/aromatic N) is 2. The molecule has 1 aromatic carbocycles. The van der Waals surface area contributed by atoms with Gasteiger partial charge in [-0.2, -0.15) is 0 Å². The van der Waals surface area contributed by atoms with Gasteiger partial charge in [-0.1, -0.05) is 24.3 Å². The van der Waals surface area contributed by atoms with Crippen LogP contribution in [0.2, 0.25) is 0 Å². The number of pyridine rings is 2. The largest absolute Gasteiger partial charge is 0.395 e. The van der Waals surface area contributed by atoms with Crippen molar-refractivity contribution in [3.8, 4) is 11.1 Å². The molecular weight excluding hydrogens is 318 g/mol. The fourth-order valence-electron chi connectivity index (χ4n) is 2.99. The summed E-state index contributed by atoms with van der Waals surface area (Å²) >= 11 is 1.66. The van der Waals surface area contributed by atoms with E-state index < -0.39 is 0 Å². The molecule has 0 amide bonds. The molecule has 0 aliphatic rings. The van der Waals surface area contributed by atoms with Crippen LogP contribution >= 0.6 is 11.3 Å². The molecule has 5 heteroatoms. The number of aryl methyl sites for hydroxylation is 1. The fourth-order valence-corrected chi connectivity index (χ4v) is 4.02. The van der Waals surface area contributed by atoms with Crippen LogP contribution in [0.3, 0.4) is 0 Å². The highest BCUT2D eigenvalue weighted by atomic mass is 32.1. The van der Waals surface area contributed by atoms with Crippen LogP contribution < -0.4 is 5.32 Å². The van der Waals surface area contributed by atoms with Gasteiger partial charge in [0.2, 0.25) is 0 Å². The van der Waals surface area contributed by atoms with Gasteiger partial charge >= 0.3 is 0 Å². The molecule has 0 bridgehead atoms. The van der Waals surface area contributed by atoms with Gasteiger partial charge in [0.25, 0.3) is 0 Å². The molecule has 3 heterocycles. The maximum Gasteiger partial charge on any atom is 0.144 e. The van der Waals surface area contributed by atoms with Crippen LogP contribution in [0.1, 0.15) is 5.56 Å². The average molecular weight is 335 g/mol. The molecule has 0 atom stereocenters. The molecule has 24 heavy (non-hydrogen) atoms. The summed E-state index contributed by atoms with van der Waals surface area (Å²) < 4.78 is 1.08. The summed E-state index contributed by atoms with van der Waals surface area (Å²) in [6.45, 7) is 2.68. The first-order chi connectivity index (χ1) is 11.8. The highest BCUT2D eigenvalue weighted by molar-refractivity contribution is 7.18. The van der Waals surface area contributed by atoms with Crippen LogP contribution in [-0.2, 0) is 0 Å². The molecular formula is C19H17N3OS. The van der Waals surface area contributed by atoms with Crippen LogP contribution in [0.4, 0.5) is 5.82 Å². The fraction of sp³-hybridized carbons (Fsp3) is 0.158. The van der Waals surface area contributed by atoms with Gasteiger partial charge in [-0.05, 0) is 30.2 Å². The molecule has 2 N–H and O–H groups in total. The molecule has 0 aliphatic heterocycles. The van der Waals surface area contributed by atoms with Crippen molar-refractivity contribution in [3.63, 3.8) is 0 Å². The number of aliphatic hydroxyl groups excluding tert-OH is 1. The molecule has 0 saturated heterocycles. The minimum atomic E-state index is 0.0737.